The number of nitrogens with zero attached hydrogens (tertiary/aromatic N) is 3. The number of hydrogen-bond donors (Lipinski definition) is 2. The van der Waals surface area contributed by atoms with Gasteiger partial charge in [0.15, 0.2) is 0 Å². The first-order valence-corrected chi connectivity index (χ1v) is 10.8. The van der Waals surface area contributed by atoms with Gasteiger partial charge in [0.05, 0.1) is 6.07 Å². The summed E-state index contributed by atoms with van der Waals surface area (Å²) in [5.41, 5.74) is 4.72. The van der Waals surface area contributed by atoms with E-state index in [2.05, 4.69) is 69.0 Å². The van der Waals surface area contributed by atoms with Crippen LogP contribution in [0.15, 0.2) is 48.5 Å². The normalized spacial score (nSPS) is 19.2. The van der Waals surface area contributed by atoms with E-state index in [9.17, 15) is 4.79 Å². The van der Waals surface area contributed by atoms with Gasteiger partial charge in [-0.15, -0.1) is 0 Å². The SMILES string of the molecule is N#CCNC(=O)C1CCCCN1c1ccc(-c2cccc(N3CCNCC3)c2)cc1. The number of benzene rings is 2. The van der Waals surface area contributed by atoms with Crippen molar-refractivity contribution in [2.75, 3.05) is 49.1 Å². The monoisotopic (exact) mass is 403 g/mol. The second-order valence-electron chi connectivity index (χ2n) is 7.92. The average molecular weight is 404 g/mol. The minimum Gasteiger partial charge on any atom is -0.369 e. The lowest BCUT2D eigenvalue weighted by atomic mass is 9.99. The zero-order valence-electron chi connectivity index (χ0n) is 17.3. The van der Waals surface area contributed by atoms with Gasteiger partial charge in [0, 0.05) is 44.1 Å². The number of amides is 1. The Balaban J connectivity index is 1.51. The Kier molecular flexibility index (Phi) is 6.50. The Bertz CT molecular complexity index is 899. The number of rotatable bonds is 5. The largest absolute Gasteiger partial charge is 0.369 e. The number of nitrogens with one attached hydrogen (secondary N) is 2. The smallest absolute Gasteiger partial charge is 0.243 e. The number of nitriles is 1. The molecule has 0 radical (unpaired) electrons. The molecule has 1 amide bonds. The number of hydrogen-bond acceptors (Lipinski definition) is 5. The third kappa shape index (κ3) is 4.58. The van der Waals surface area contributed by atoms with Gasteiger partial charge >= 0.3 is 0 Å². The highest BCUT2D eigenvalue weighted by Crippen LogP contribution is 2.30. The fourth-order valence-electron chi connectivity index (χ4n) is 4.41. The van der Waals surface area contributed by atoms with Crippen LogP contribution in [0.2, 0.25) is 0 Å². The van der Waals surface area contributed by atoms with Gasteiger partial charge in [-0.2, -0.15) is 5.26 Å². The summed E-state index contributed by atoms with van der Waals surface area (Å²) in [7, 11) is 0. The molecule has 4 rings (SSSR count). The Morgan fingerprint density at radius 1 is 1.03 bits per heavy atom. The van der Waals surface area contributed by atoms with E-state index in [1.807, 2.05) is 6.07 Å². The fraction of sp³-hybridized carbons (Fsp3) is 0.417. The van der Waals surface area contributed by atoms with Crippen molar-refractivity contribution in [1.82, 2.24) is 10.6 Å². The highest BCUT2D eigenvalue weighted by molar-refractivity contribution is 5.86. The van der Waals surface area contributed by atoms with E-state index in [4.69, 9.17) is 5.26 Å². The summed E-state index contributed by atoms with van der Waals surface area (Å²) < 4.78 is 0. The molecule has 2 aliphatic rings. The molecule has 0 bridgehead atoms. The van der Waals surface area contributed by atoms with Crippen LogP contribution in [0.4, 0.5) is 11.4 Å². The van der Waals surface area contributed by atoms with E-state index in [1.54, 1.807) is 0 Å². The van der Waals surface area contributed by atoms with Gasteiger partial charge in [0.1, 0.15) is 12.6 Å². The third-order valence-corrected chi connectivity index (χ3v) is 6.01. The van der Waals surface area contributed by atoms with Gasteiger partial charge in [-0.1, -0.05) is 24.3 Å². The van der Waals surface area contributed by atoms with Crippen LogP contribution in [0, 0.1) is 11.3 Å². The van der Waals surface area contributed by atoms with Crippen LogP contribution in [-0.2, 0) is 4.79 Å². The molecule has 0 saturated carbocycles. The van der Waals surface area contributed by atoms with Crippen molar-refractivity contribution in [3.8, 4) is 17.2 Å². The molecule has 30 heavy (non-hydrogen) atoms. The molecule has 1 atom stereocenters. The minimum absolute atomic E-state index is 0.0518. The van der Waals surface area contributed by atoms with Crippen LogP contribution in [0.1, 0.15) is 19.3 Å². The molecule has 2 fully saturated rings. The van der Waals surface area contributed by atoms with Crippen LogP contribution in [0.3, 0.4) is 0 Å². The maximum Gasteiger partial charge on any atom is 0.243 e. The van der Waals surface area contributed by atoms with Crippen molar-refractivity contribution in [3.63, 3.8) is 0 Å². The summed E-state index contributed by atoms with van der Waals surface area (Å²) >= 11 is 0. The Hall–Kier alpha value is -3.04. The average Bonchev–Trinajstić information content (AvgIpc) is 2.83. The lowest BCUT2D eigenvalue weighted by Gasteiger charge is -2.36. The molecule has 156 valence electrons. The summed E-state index contributed by atoms with van der Waals surface area (Å²) in [6.45, 7) is 5.04. The lowest BCUT2D eigenvalue weighted by molar-refractivity contribution is -0.122. The second-order valence-corrected chi connectivity index (χ2v) is 7.92. The molecule has 2 heterocycles. The summed E-state index contributed by atoms with van der Waals surface area (Å²) in [5.74, 6) is -0.0518. The van der Waals surface area contributed by atoms with Gasteiger partial charge in [-0.25, -0.2) is 0 Å². The van der Waals surface area contributed by atoms with Gasteiger partial charge in [0.25, 0.3) is 0 Å². The molecule has 1 unspecified atom stereocenters. The van der Waals surface area contributed by atoms with E-state index in [-0.39, 0.29) is 18.5 Å². The second kappa shape index (κ2) is 9.64. The molecular formula is C24H29N5O. The molecular weight excluding hydrogens is 374 g/mol. The van der Waals surface area contributed by atoms with E-state index in [1.165, 1.54) is 16.8 Å². The predicted molar refractivity (Wildman–Crippen MR) is 121 cm³/mol. The highest BCUT2D eigenvalue weighted by Gasteiger charge is 2.28. The molecule has 2 aromatic carbocycles. The van der Waals surface area contributed by atoms with Crippen LogP contribution < -0.4 is 20.4 Å². The van der Waals surface area contributed by atoms with Crippen molar-refractivity contribution < 1.29 is 4.79 Å². The topological polar surface area (TPSA) is 71.4 Å². The number of carbonyl (C=O) groups excluding carboxylic acids is 1. The zero-order chi connectivity index (χ0) is 20.8. The Morgan fingerprint density at radius 2 is 1.83 bits per heavy atom. The molecule has 2 N–H and O–H groups in total. The summed E-state index contributed by atoms with van der Waals surface area (Å²) in [5, 5.41) is 14.9. The number of piperazine rings is 1. The summed E-state index contributed by atoms with van der Waals surface area (Å²) in [4.78, 5) is 17.1. The van der Waals surface area contributed by atoms with E-state index in [0.717, 1.165) is 57.7 Å². The van der Waals surface area contributed by atoms with Crippen molar-refractivity contribution >= 4 is 17.3 Å². The molecule has 2 aromatic rings. The molecule has 0 spiro atoms. The van der Waals surface area contributed by atoms with E-state index >= 15 is 0 Å². The summed E-state index contributed by atoms with van der Waals surface area (Å²) in [6.07, 6.45) is 2.94. The van der Waals surface area contributed by atoms with Gasteiger partial charge < -0.3 is 20.4 Å². The molecule has 0 aliphatic carbocycles. The molecule has 2 aliphatic heterocycles. The first-order chi connectivity index (χ1) is 14.8. The van der Waals surface area contributed by atoms with Crippen LogP contribution >= 0.6 is 0 Å². The van der Waals surface area contributed by atoms with E-state index in [0.29, 0.717) is 0 Å². The molecule has 6 heteroatoms. The van der Waals surface area contributed by atoms with Gasteiger partial charge in [0.2, 0.25) is 5.91 Å². The minimum atomic E-state index is -0.200. The zero-order valence-corrected chi connectivity index (χ0v) is 17.3. The Morgan fingerprint density at radius 3 is 2.60 bits per heavy atom. The summed E-state index contributed by atoms with van der Waals surface area (Å²) in [6, 6.07) is 19.0. The number of anilines is 2. The fourth-order valence-corrected chi connectivity index (χ4v) is 4.41. The lowest BCUT2D eigenvalue weighted by Crippen LogP contribution is -2.49. The van der Waals surface area contributed by atoms with Crippen molar-refractivity contribution in [2.24, 2.45) is 0 Å². The van der Waals surface area contributed by atoms with Crippen LogP contribution in [0.25, 0.3) is 11.1 Å². The standard InChI is InChI=1S/C24H29N5O/c25-11-12-27-24(30)23-6-1-2-15-29(23)21-9-7-19(8-10-21)20-4-3-5-22(18-20)28-16-13-26-14-17-28/h3-5,7-10,18,23,26H,1-2,6,12-17H2,(H,27,30). The highest BCUT2D eigenvalue weighted by atomic mass is 16.2. The number of piperidine rings is 1. The van der Waals surface area contributed by atoms with Crippen LogP contribution in [-0.4, -0.2) is 51.2 Å². The Labute approximate surface area is 178 Å². The maximum absolute atomic E-state index is 12.5. The predicted octanol–water partition coefficient (Wildman–Crippen LogP) is 2.76. The van der Waals surface area contributed by atoms with E-state index < -0.39 is 0 Å². The van der Waals surface area contributed by atoms with Crippen molar-refractivity contribution in [3.05, 3.63) is 48.5 Å². The first-order valence-electron chi connectivity index (χ1n) is 10.8. The quantitative estimate of drug-likeness (QED) is 0.751. The molecule has 6 nitrogen and oxygen atoms in total. The van der Waals surface area contributed by atoms with Crippen molar-refractivity contribution in [1.29, 1.82) is 5.26 Å². The molecule has 0 aromatic heterocycles. The van der Waals surface area contributed by atoms with Crippen LogP contribution in [0.5, 0.6) is 0 Å². The molecule has 2 saturated heterocycles. The first kappa shape index (κ1) is 20.2. The third-order valence-electron chi connectivity index (χ3n) is 6.01. The van der Waals surface area contributed by atoms with Gasteiger partial charge in [-0.05, 0) is 54.7 Å². The van der Waals surface area contributed by atoms with Crippen molar-refractivity contribution in [2.45, 2.75) is 25.3 Å². The van der Waals surface area contributed by atoms with Gasteiger partial charge in [-0.3, -0.25) is 4.79 Å². The maximum atomic E-state index is 12.5. The number of carbonyl (C=O) groups is 1.